The van der Waals surface area contributed by atoms with Gasteiger partial charge in [0.15, 0.2) is 0 Å². The van der Waals surface area contributed by atoms with Crippen LogP contribution in [0, 0.1) is 5.41 Å². The van der Waals surface area contributed by atoms with Crippen molar-refractivity contribution in [3.8, 4) is 0 Å². The molecule has 1 heteroatoms. The van der Waals surface area contributed by atoms with E-state index in [1.54, 1.807) is 0 Å². The number of rotatable bonds is 0. The Hall–Kier alpha value is -0.0400. The van der Waals surface area contributed by atoms with Gasteiger partial charge in [-0.1, -0.05) is 34.1 Å². The van der Waals surface area contributed by atoms with Gasteiger partial charge in [-0.05, 0) is 18.4 Å². The zero-order valence-corrected chi connectivity index (χ0v) is 7.83. The van der Waals surface area contributed by atoms with Crippen molar-refractivity contribution in [3.05, 3.63) is 0 Å². The fourth-order valence-electron chi connectivity index (χ4n) is 0.942. The lowest BCUT2D eigenvalue weighted by Crippen LogP contribution is -2.15. The van der Waals surface area contributed by atoms with Gasteiger partial charge in [0.2, 0.25) is 0 Å². The van der Waals surface area contributed by atoms with Gasteiger partial charge >= 0.3 is 0 Å². The van der Waals surface area contributed by atoms with Crippen molar-refractivity contribution in [2.75, 3.05) is 13.1 Å². The van der Waals surface area contributed by atoms with E-state index in [0.29, 0.717) is 5.41 Å². The van der Waals surface area contributed by atoms with Gasteiger partial charge < -0.3 is 5.32 Å². The van der Waals surface area contributed by atoms with Crippen molar-refractivity contribution in [2.45, 2.75) is 40.5 Å². The zero-order chi connectivity index (χ0) is 8.04. The summed E-state index contributed by atoms with van der Waals surface area (Å²) >= 11 is 0. The van der Waals surface area contributed by atoms with Crippen LogP contribution in [0.2, 0.25) is 0 Å². The van der Waals surface area contributed by atoms with E-state index in [9.17, 15) is 0 Å². The van der Waals surface area contributed by atoms with Crippen molar-refractivity contribution < 1.29 is 0 Å². The van der Waals surface area contributed by atoms with E-state index < -0.39 is 0 Å². The van der Waals surface area contributed by atoms with Crippen LogP contribution in [-0.2, 0) is 0 Å². The fourth-order valence-corrected chi connectivity index (χ4v) is 0.942. The van der Waals surface area contributed by atoms with Crippen molar-refractivity contribution >= 4 is 0 Å². The van der Waals surface area contributed by atoms with Crippen molar-refractivity contribution in [2.24, 2.45) is 5.41 Å². The van der Waals surface area contributed by atoms with Crippen LogP contribution < -0.4 is 5.32 Å². The van der Waals surface area contributed by atoms with Crippen LogP contribution in [-0.4, -0.2) is 13.1 Å². The Labute approximate surface area is 65.2 Å². The molecule has 0 saturated carbocycles. The van der Waals surface area contributed by atoms with Gasteiger partial charge in [-0.3, -0.25) is 0 Å². The van der Waals surface area contributed by atoms with Gasteiger partial charge in [-0.15, -0.1) is 0 Å². The Morgan fingerprint density at radius 2 is 1.80 bits per heavy atom. The van der Waals surface area contributed by atoms with Crippen molar-refractivity contribution in [1.29, 1.82) is 0 Å². The third-order valence-electron chi connectivity index (χ3n) is 1.58. The van der Waals surface area contributed by atoms with E-state index in [-0.39, 0.29) is 0 Å². The zero-order valence-electron chi connectivity index (χ0n) is 7.83. The normalized spacial score (nSPS) is 21.6. The molecule has 0 radical (unpaired) electrons. The maximum Gasteiger partial charge on any atom is 0.000300 e. The molecule has 0 aliphatic carbocycles. The van der Waals surface area contributed by atoms with Crippen LogP contribution in [0.15, 0.2) is 0 Å². The predicted molar refractivity (Wildman–Crippen MR) is 47.2 cm³/mol. The quantitative estimate of drug-likeness (QED) is 0.549. The number of nitrogens with one attached hydrogen (secondary N) is 1. The molecule has 0 aromatic rings. The average Bonchev–Trinajstić information content (AvgIpc) is 2.16. The first-order valence-corrected chi connectivity index (χ1v) is 4.33. The van der Waals surface area contributed by atoms with Crippen molar-refractivity contribution in [1.82, 2.24) is 5.32 Å². The molecule has 0 unspecified atom stereocenters. The van der Waals surface area contributed by atoms with Gasteiger partial charge in [0.1, 0.15) is 0 Å². The summed E-state index contributed by atoms with van der Waals surface area (Å²) in [5.41, 5.74) is 0.583. The average molecular weight is 143 g/mol. The molecule has 0 atom stereocenters. The molecule has 0 spiro atoms. The lowest BCUT2D eigenvalue weighted by atomic mass is 9.93. The first-order chi connectivity index (χ1) is 4.62. The van der Waals surface area contributed by atoms with E-state index in [1.807, 2.05) is 0 Å². The molecular formula is C9H21N. The summed E-state index contributed by atoms with van der Waals surface area (Å²) in [6.07, 6.45) is 2.59. The Morgan fingerprint density at radius 3 is 1.90 bits per heavy atom. The maximum atomic E-state index is 3.31. The predicted octanol–water partition coefficient (Wildman–Crippen LogP) is 2.42. The summed E-state index contributed by atoms with van der Waals surface area (Å²) < 4.78 is 0. The second-order valence-electron chi connectivity index (χ2n) is 3.80. The molecule has 1 rings (SSSR count). The number of hydrogen-bond acceptors (Lipinski definition) is 1. The molecule has 62 valence electrons. The van der Waals surface area contributed by atoms with E-state index >= 15 is 0 Å². The molecule has 1 saturated heterocycles. The molecular weight excluding hydrogens is 122 g/mol. The summed E-state index contributed by atoms with van der Waals surface area (Å²) in [6.45, 7) is 11.3. The van der Waals surface area contributed by atoms with Gasteiger partial charge in [0.25, 0.3) is 0 Å². The third-order valence-corrected chi connectivity index (χ3v) is 1.58. The highest BCUT2D eigenvalue weighted by molar-refractivity contribution is 4.78. The maximum absolute atomic E-state index is 3.31. The smallest absolute Gasteiger partial charge is 0.000300 e. The highest BCUT2D eigenvalue weighted by Crippen LogP contribution is 2.21. The molecule has 1 fully saturated rings. The first kappa shape index (κ1) is 9.96. The highest BCUT2D eigenvalue weighted by atomic mass is 14.9. The molecule has 0 aromatic carbocycles. The second kappa shape index (κ2) is 4.73. The van der Waals surface area contributed by atoms with Gasteiger partial charge in [0, 0.05) is 6.54 Å². The standard InChI is InChI=1S/C6H13N.C3H8/c1-6(2)3-4-7-5-6;1-3-2/h7H,3-5H2,1-2H3;3H2,1-2H3. The second-order valence-corrected chi connectivity index (χ2v) is 3.80. The molecule has 0 bridgehead atoms. The summed E-state index contributed by atoms with van der Waals surface area (Å²) in [6, 6.07) is 0. The topological polar surface area (TPSA) is 12.0 Å². The Balaban J connectivity index is 0.000000236. The first-order valence-electron chi connectivity index (χ1n) is 4.33. The van der Waals surface area contributed by atoms with Crippen LogP contribution in [0.25, 0.3) is 0 Å². The van der Waals surface area contributed by atoms with Gasteiger partial charge in [-0.25, -0.2) is 0 Å². The SMILES string of the molecule is CC1(C)CCNC1.CCC. The van der Waals surface area contributed by atoms with E-state index in [1.165, 1.54) is 25.9 Å². The Bertz CT molecular complexity index is 68.8. The molecule has 0 aromatic heterocycles. The molecule has 1 N–H and O–H groups in total. The highest BCUT2D eigenvalue weighted by Gasteiger charge is 2.21. The van der Waals surface area contributed by atoms with Gasteiger partial charge in [-0.2, -0.15) is 0 Å². The summed E-state index contributed by atoms with van der Waals surface area (Å²) in [5.74, 6) is 0. The Kier molecular flexibility index (Phi) is 4.71. The van der Waals surface area contributed by atoms with Crippen LogP contribution in [0.1, 0.15) is 40.5 Å². The Morgan fingerprint density at radius 1 is 1.30 bits per heavy atom. The van der Waals surface area contributed by atoms with E-state index in [2.05, 4.69) is 33.0 Å². The van der Waals surface area contributed by atoms with Crippen LogP contribution in [0.3, 0.4) is 0 Å². The minimum absolute atomic E-state index is 0.583. The monoisotopic (exact) mass is 143 g/mol. The molecule has 1 aliphatic rings. The molecule has 1 heterocycles. The van der Waals surface area contributed by atoms with Crippen LogP contribution in [0.4, 0.5) is 0 Å². The lowest BCUT2D eigenvalue weighted by Gasteiger charge is -2.12. The van der Waals surface area contributed by atoms with E-state index in [4.69, 9.17) is 0 Å². The molecule has 1 nitrogen and oxygen atoms in total. The minimum Gasteiger partial charge on any atom is -0.316 e. The lowest BCUT2D eigenvalue weighted by molar-refractivity contribution is 0.413. The summed E-state index contributed by atoms with van der Waals surface area (Å²) in [5, 5.41) is 3.31. The molecule has 0 amide bonds. The van der Waals surface area contributed by atoms with Crippen LogP contribution in [0.5, 0.6) is 0 Å². The van der Waals surface area contributed by atoms with E-state index in [0.717, 1.165) is 0 Å². The van der Waals surface area contributed by atoms with Crippen LogP contribution >= 0.6 is 0 Å². The fraction of sp³-hybridized carbons (Fsp3) is 1.00. The molecule has 10 heavy (non-hydrogen) atoms. The third kappa shape index (κ3) is 4.80. The van der Waals surface area contributed by atoms with Crippen molar-refractivity contribution in [3.63, 3.8) is 0 Å². The van der Waals surface area contributed by atoms with Gasteiger partial charge in [0.05, 0.1) is 0 Å². The summed E-state index contributed by atoms with van der Waals surface area (Å²) in [4.78, 5) is 0. The molecule has 1 aliphatic heterocycles. The summed E-state index contributed by atoms with van der Waals surface area (Å²) in [7, 11) is 0. The number of hydrogen-bond donors (Lipinski definition) is 1. The minimum atomic E-state index is 0.583. The largest absolute Gasteiger partial charge is 0.316 e.